The largest absolute Gasteiger partial charge is 0.374 e. The number of hydrogen-bond acceptors (Lipinski definition) is 3. The van der Waals surface area contributed by atoms with Crippen LogP contribution in [0.4, 0.5) is 0 Å². The lowest BCUT2D eigenvalue weighted by Gasteiger charge is -2.38. The number of nitrogens with zero attached hydrogens (tertiary/aromatic N) is 1. The second-order valence-corrected chi connectivity index (χ2v) is 5.45. The molecule has 0 spiro atoms. The van der Waals surface area contributed by atoms with E-state index in [0.717, 1.165) is 19.7 Å². The minimum absolute atomic E-state index is 0.133. The van der Waals surface area contributed by atoms with Crippen molar-refractivity contribution in [2.45, 2.75) is 12.1 Å². The van der Waals surface area contributed by atoms with Gasteiger partial charge in [0, 0.05) is 19.6 Å². The van der Waals surface area contributed by atoms with Crippen molar-refractivity contribution in [2.24, 2.45) is 5.73 Å². The molecule has 2 aromatic rings. The molecule has 1 aliphatic rings. The summed E-state index contributed by atoms with van der Waals surface area (Å²) in [6.45, 7) is 3.14. The van der Waals surface area contributed by atoms with E-state index < -0.39 is 0 Å². The normalized spacial score (nSPS) is 19.8. The quantitative estimate of drug-likeness (QED) is 0.936. The van der Waals surface area contributed by atoms with Crippen molar-refractivity contribution in [3.05, 3.63) is 71.8 Å². The third-order valence-electron chi connectivity index (χ3n) is 4.03. The summed E-state index contributed by atoms with van der Waals surface area (Å²) < 4.78 is 5.71. The molecule has 2 aromatic carbocycles. The first-order valence-corrected chi connectivity index (χ1v) is 7.54. The lowest BCUT2D eigenvalue weighted by molar-refractivity contribution is -0.0334. The molecular weight excluding hydrogens is 260 g/mol. The van der Waals surface area contributed by atoms with Gasteiger partial charge in [-0.1, -0.05) is 60.7 Å². The van der Waals surface area contributed by atoms with Crippen molar-refractivity contribution in [1.82, 2.24) is 4.90 Å². The van der Waals surface area contributed by atoms with Crippen LogP contribution in [0.25, 0.3) is 0 Å². The molecule has 0 aromatic heterocycles. The summed E-state index contributed by atoms with van der Waals surface area (Å²) >= 11 is 0. The Morgan fingerprint density at radius 2 is 1.57 bits per heavy atom. The zero-order chi connectivity index (χ0) is 14.5. The van der Waals surface area contributed by atoms with Gasteiger partial charge in [-0.05, 0) is 11.1 Å². The Hall–Kier alpha value is -1.68. The maximum absolute atomic E-state index is 5.79. The highest BCUT2D eigenvalue weighted by molar-refractivity contribution is 5.31. The molecule has 1 saturated heterocycles. The average molecular weight is 282 g/mol. The van der Waals surface area contributed by atoms with E-state index in [9.17, 15) is 0 Å². The fraction of sp³-hybridized carbons (Fsp3) is 0.333. The van der Waals surface area contributed by atoms with Gasteiger partial charge in [-0.25, -0.2) is 0 Å². The molecule has 1 heterocycles. The Morgan fingerprint density at radius 1 is 1.00 bits per heavy atom. The van der Waals surface area contributed by atoms with E-state index in [2.05, 4.69) is 65.6 Å². The summed E-state index contributed by atoms with van der Waals surface area (Å²) in [5, 5.41) is 0. The minimum Gasteiger partial charge on any atom is -0.374 e. The highest BCUT2D eigenvalue weighted by Crippen LogP contribution is 2.29. The van der Waals surface area contributed by atoms with Gasteiger partial charge in [-0.2, -0.15) is 0 Å². The molecule has 1 fully saturated rings. The van der Waals surface area contributed by atoms with Crippen LogP contribution in [-0.2, 0) is 4.74 Å². The maximum atomic E-state index is 5.79. The van der Waals surface area contributed by atoms with Gasteiger partial charge in [0.1, 0.15) is 0 Å². The zero-order valence-electron chi connectivity index (χ0n) is 12.2. The van der Waals surface area contributed by atoms with E-state index in [1.165, 1.54) is 11.1 Å². The number of morpholine rings is 1. The lowest BCUT2D eigenvalue weighted by atomic mass is 9.96. The molecule has 110 valence electrons. The Balaban J connectivity index is 1.93. The second-order valence-electron chi connectivity index (χ2n) is 5.45. The Bertz CT molecular complexity index is 504. The van der Waals surface area contributed by atoms with Crippen LogP contribution in [0, 0.1) is 0 Å². The van der Waals surface area contributed by atoms with Crippen LogP contribution in [0.2, 0.25) is 0 Å². The second kappa shape index (κ2) is 6.85. The molecule has 1 aliphatic heterocycles. The third kappa shape index (κ3) is 3.32. The highest BCUT2D eigenvalue weighted by Gasteiger charge is 2.27. The fourth-order valence-electron chi connectivity index (χ4n) is 3.00. The molecule has 0 saturated carbocycles. The first-order valence-electron chi connectivity index (χ1n) is 7.54. The summed E-state index contributed by atoms with van der Waals surface area (Å²) in [6.07, 6.45) is 0.133. The van der Waals surface area contributed by atoms with Gasteiger partial charge in [-0.3, -0.25) is 4.90 Å². The molecule has 3 rings (SSSR count). The fourth-order valence-corrected chi connectivity index (χ4v) is 3.00. The molecule has 0 amide bonds. The smallest absolute Gasteiger partial charge is 0.0824 e. The minimum atomic E-state index is 0.133. The van der Waals surface area contributed by atoms with E-state index >= 15 is 0 Å². The summed E-state index contributed by atoms with van der Waals surface area (Å²) in [5.74, 6) is 0. The van der Waals surface area contributed by atoms with E-state index in [4.69, 9.17) is 10.5 Å². The van der Waals surface area contributed by atoms with Crippen LogP contribution >= 0.6 is 0 Å². The number of ether oxygens (including phenoxy) is 1. The highest BCUT2D eigenvalue weighted by atomic mass is 16.5. The van der Waals surface area contributed by atoms with E-state index in [1.807, 2.05) is 0 Å². The molecule has 1 atom stereocenters. The third-order valence-corrected chi connectivity index (χ3v) is 4.03. The molecule has 0 aliphatic carbocycles. The van der Waals surface area contributed by atoms with Crippen LogP contribution in [0.5, 0.6) is 0 Å². The molecule has 3 heteroatoms. The van der Waals surface area contributed by atoms with Crippen molar-refractivity contribution < 1.29 is 4.74 Å². The Kier molecular flexibility index (Phi) is 4.65. The zero-order valence-corrected chi connectivity index (χ0v) is 12.2. The van der Waals surface area contributed by atoms with Crippen molar-refractivity contribution in [1.29, 1.82) is 0 Å². The van der Waals surface area contributed by atoms with Gasteiger partial charge in [0.15, 0.2) is 0 Å². The Labute approximate surface area is 126 Å². The van der Waals surface area contributed by atoms with Gasteiger partial charge in [0.05, 0.1) is 18.8 Å². The van der Waals surface area contributed by atoms with Crippen molar-refractivity contribution >= 4 is 0 Å². The number of hydrogen-bond donors (Lipinski definition) is 1. The van der Waals surface area contributed by atoms with Crippen molar-refractivity contribution in [3.8, 4) is 0 Å². The molecular formula is C18H22N2O. The molecule has 3 nitrogen and oxygen atoms in total. The topological polar surface area (TPSA) is 38.5 Å². The predicted octanol–water partition coefficient (Wildman–Crippen LogP) is 2.44. The monoisotopic (exact) mass is 282 g/mol. The summed E-state index contributed by atoms with van der Waals surface area (Å²) in [7, 11) is 0. The van der Waals surface area contributed by atoms with Gasteiger partial charge in [-0.15, -0.1) is 0 Å². The average Bonchev–Trinajstić information content (AvgIpc) is 2.57. The van der Waals surface area contributed by atoms with Crippen molar-refractivity contribution in [2.75, 3.05) is 26.2 Å². The first-order chi connectivity index (χ1) is 10.4. The van der Waals surface area contributed by atoms with E-state index in [1.54, 1.807) is 0 Å². The molecule has 21 heavy (non-hydrogen) atoms. The lowest BCUT2D eigenvalue weighted by Crippen LogP contribution is -2.47. The summed E-state index contributed by atoms with van der Waals surface area (Å²) in [5.41, 5.74) is 8.43. The van der Waals surface area contributed by atoms with Crippen LogP contribution in [0.15, 0.2) is 60.7 Å². The first kappa shape index (κ1) is 14.3. The molecule has 2 N–H and O–H groups in total. The summed E-state index contributed by atoms with van der Waals surface area (Å²) in [6, 6.07) is 21.6. The Morgan fingerprint density at radius 3 is 2.10 bits per heavy atom. The number of nitrogens with two attached hydrogens (primary N) is 1. The van der Waals surface area contributed by atoms with Crippen LogP contribution in [0.3, 0.4) is 0 Å². The van der Waals surface area contributed by atoms with Crippen LogP contribution < -0.4 is 5.73 Å². The summed E-state index contributed by atoms with van der Waals surface area (Å²) in [4.78, 5) is 2.48. The van der Waals surface area contributed by atoms with Gasteiger partial charge < -0.3 is 10.5 Å². The van der Waals surface area contributed by atoms with Gasteiger partial charge >= 0.3 is 0 Å². The number of rotatable bonds is 4. The predicted molar refractivity (Wildman–Crippen MR) is 85.1 cm³/mol. The van der Waals surface area contributed by atoms with Crippen LogP contribution in [-0.4, -0.2) is 37.2 Å². The molecule has 0 bridgehead atoms. The van der Waals surface area contributed by atoms with Gasteiger partial charge in [0.2, 0.25) is 0 Å². The molecule has 0 radical (unpaired) electrons. The van der Waals surface area contributed by atoms with E-state index in [0.29, 0.717) is 6.54 Å². The number of benzene rings is 2. The van der Waals surface area contributed by atoms with Gasteiger partial charge in [0.25, 0.3) is 0 Å². The maximum Gasteiger partial charge on any atom is 0.0824 e. The van der Waals surface area contributed by atoms with Crippen LogP contribution in [0.1, 0.15) is 17.2 Å². The van der Waals surface area contributed by atoms with Crippen molar-refractivity contribution in [3.63, 3.8) is 0 Å². The molecule has 1 unspecified atom stereocenters. The SMILES string of the molecule is NCC1CN(C(c2ccccc2)c2ccccc2)CCO1. The van der Waals surface area contributed by atoms with E-state index in [-0.39, 0.29) is 12.1 Å². The standard InChI is InChI=1S/C18H22N2O/c19-13-17-14-20(11-12-21-17)18(15-7-3-1-4-8-15)16-9-5-2-6-10-16/h1-10,17-18H,11-14,19H2.